The Labute approximate surface area is 190 Å². The van der Waals surface area contributed by atoms with Crippen molar-refractivity contribution in [3.8, 4) is 0 Å². The van der Waals surface area contributed by atoms with Gasteiger partial charge in [0.15, 0.2) is 0 Å². The molecule has 1 aliphatic heterocycles. The molecule has 3 heteroatoms. The monoisotopic (exact) mass is 427 g/mol. The van der Waals surface area contributed by atoms with Gasteiger partial charge in [-0.3, -0.25) is 0 Å². The first-order chi connectivity index (χ1) is 15.0. The highest BCUT2D eigenvalue weighted by atomic mass is 16.1. The van der Waals surface area contributed by atoms with Crippen molar-refractivity contribution in [1.29, 1.82) is 0 Å². The summed E-state index contributed by atoms with van der Waals surface area (Å²) in [6.45, 7) is 16.8. The topological polar surface area (TPSA) is 26.1 Å². The molecule has 0 N–H and O–H groups in total. The van der Waals surface area contributed by atoms with Gasteiger partial charge in [-0.05, 0) is 60.3 Å². The minimum absolute atomic E-state index is 0.0965. The molecule has 0 spiro atoms. The average Bonchev–Trinajstić information content (AvgIpc) is 2.86. The normalized spacial score (nSPS) is 42.7. The third kappa shape index (κ3) is 1.47. The summed E-state index contributed by atoms with van der Waals surface area (Å²) in [6, 6.07) is 8.83. The third-order valence-electron chi connectivity index (χ3n) is 12.1. The Morgan fingerprint density at radius 1 is 1.06 bits per heavy atom. The van der Waals surface area contributed by atoms with E-state index in [0.717, 1.165) is 18.5 Å². The highest BCUT2D eigenvalue weighted by molar-refractivity contribution is 6.00. The molecular formula is C29H35N2O+. The zero-order valence-corrected chi connectivity index (χ0v) is 20.6. The third-order valence-corrected chi connectivity index (χ3v) is 12.1. The van der Waals surface area contributed by atoms with Crippen molar-refractivity contribution in [3.63, 3.8) is 0 Å². The van der Waals surface area contributed by atoms with E-state index in [1.165, 1.54) is 34.9 Å². The van der Waals surface area contributed by atoms with Gasteiger partial charge < -0.3 is 0 Å². The Hall–Kier alpha value is -2.16. The highest BCUT2D eigenvalue weighted by Gasteiger charge is 2.82. The van der Waals surface area contributed by atoms with Crippen molar-refractivity contribution in [2.75, 3.05) is 0 Å². The van der Waals surface area contributed by atoms with Gasteiger partial charge in [0.2, 0.25) is 0 Å². The maximum atomic E-state index is 13.6. The molecule has 1 aromatic carbocycles. The van der Waals surface area contributed by atoms with Crippen molar-refractivity contribution in [2.45, 2.75) is 96.4 Å². The fourth-order valence-corrected chi connectivity index (χ4v) is 9.73. The van der Waals surface area contributed by atoms with Crippen LogP contribution in [0.4, 0.5) is 0 Å². The van der Waals surface area contributed by atoms with E-state index in [9.17, 15) is 4.79 Å². The Bertz CT molecular complexity index is 1470. The molecule has 166 valence electrons. The summed E-state index contributed by atoms with van der Waals surface area (Å²) in [5, 5.41) is 2.75. The number of benzene rings is 1. The van der Waals surface area contributed by atoms with E-state index < -0.39 is 0 Å². The number of nitrogens with zero attached hydrogens (tertiary/aromatic N) is 2. The SMILES string of the molecule is CCC1(C)c2cccc3c4c([n+]5ccc(=O)n(c5c23)C1(C)CC)C1(C)CC2(C)CC4C21C. The fraction of sp³-hybridized carbons (Fsp3) is 0.586. The lowest BCUT2D eigenvalue weighted by atomic mass is 9.28. The summed E-state index contributed by atoms with van der Waals surface area (Å²) >= 11 is 0. The second kappa shape index (κ2) is 5.00. The molecule has 2 saturated carbocycles. The number of aromatic nitrogens is 2. The van der Waals surface area contributed by atoms with E-state index >= 15 is 0 Å². The second-order valence-corrected chi connectivity index (χ2v) is 12.5. The predicted molar refractivity (Wildman–Crippen MR) is 128 cm³/mol. The van der Waals surface area contributed by atoms with Gasteiger partial charge in [-0.2, -0.15) is 4.57 Å². The minimum Gasteiger partial charge on any atom is -0.241 e. The van der Waals surface area contributed by atoms with Gasteiger partial charge in [0.05, 0.1) is 11.5 Å². The van der Waals surface area contributed by atoms with Crippen LogP contribution in [0.2, 0.25) is 0 Å². The lowest BCUT2D eigenvalue weighted by molar-refractivity contribution is -0.536. The van der Waals surface area contributed by atoms with E-state index in [-0.39, 0.29) is 21.9 Å². The van der Waals surface area contributed by atoms with Gasteiger partial charge >= 0.3 is 5.56 Å². The molecule has 6 unspecified atom stereocenters. The molecule has 2 fully saturated rings. The number of pyridine rings is 1. The van der Waals surface area contributed by atoms with Crippen molar-refractivity contribution in [1.82, 2.24) is 4.57 Å². The van der Waals surface area contributed by atoms with Crippen LogP contribution in [-0.4, -0.2) is 4.57 Å². The fourth-order valence-electron chi connectivity index (χ4n) is 9.73. The Balaban J connectivity index is 1.78. The van der Waals surface area contributed by atoms with Crippen LogP contribution in [0.25, 0.3) is 16.4 Å². The summed E-state index contributed by atoms with van der Waals surface area (Å²) in [6.07, 6.45) is 6.60. The van der Waals surface area contributed by atoms with Gasteiger partial charge in [-0.1, -0.05) is 59.7 Å². The first-order valence-electron chi connectivity index (χ1n) is 12.6. The number of rotatable bonds is 2. The predicted octanol–water partition coefficient (Wildman–Crippen LogP) is 5.72. The zero-order valence-electron chi connectivity index (χ0n) is 20.6. The molecule has 3 aliphatic carbocycles. The molecule has 4 aliphatic rings. The maximum absolute atomic E-state index is 13.6. The molecule has 32 heavy (non-hydrogen) atoms. The van der Waals surface area contributed by atoms with Crippen molar-refractivity contribution < 1.29 is 4.40 Å². The first-order valence-corrected chi connectivity index (χ1v) is 12.6. The maximum Gasteiger partial charge on any atom is 0.338 e. The van der Waals surface area contributed by atoms with Crippen LogP contribution in [-0.2, 0) is 16.4 Å². The molecule has 7 rings (SSSR count). The van der Waals surface area contributed by atoms with Crippen LogP contribution >= 0.6 is 0 Å². The van der Waals surface area contributed by atoms with Crippen LogP contribution in [0.15, 0.2) is 35.3 Å². The highest BCUT2D eigenvalue weighted by Crippen LogP contribution is 2.87. The van der Waals surface area contributed by atoms with Crippen LogP contribution < -0.4 is 9.96 Å². The Kier molecular flexibility index (Phi) is 3.02. The quantitative estimate of drug-likeness (QED) is 0.379. The van der Waals surface area contributed by atoms with Crippen LogP contribution in [0, 0.1) is 10.8 Å². The van der Waals surface area contributed by atoms with Crippen molar-refractivity contribution >= 4 is 16.4 Å². The molecule has 6 atom stereocenters. The molecule has 3 aromatic rings. The molecular weight excluding hydrogens is 392 g/mol. The second-order valence-electron chi connectivity index (χ2n) is 12.5. The first kappa shape index (κ1) is 19.3. The van der Waals surface area contributed by atoms with Gasteiger partial charge in [0.25, 0.3) is 5.65 Å². The summed E-state index contributed by atoms with van der Waals surface area (Å²) in [5.74, 6) is 0.626. The molecule has 3 heterocycles. The van der Waals surface area contributed by atoms with Gasteiger partial charge in [0, 0.05) is 16.4 Å². The molecule has 2 aromatic heterocycles. The Morgan fingerprint density at radius 2 is 1.81 bits per heavy atom. The van der Waals surface area contributed by atoms with Crippen LogP contribution in [0.5, 0.6) is 0 Å². The molecule has 0 radical (unpaired) electrons. The van der Waals surface area contributed by atoms with E-state index in [1.54, 1.807) is 5.56 Å². The summed E-state index contributed by atoms with van der Waals surface area (Å²) in [5.41, 5.74) is 6.37. The number of hydrogen-bond donors (Lipinski definition) is 0. The largest absolute Gasteiger partial charge is 0.338 e. The number of hydrogen-bond acceptors (Lipinski definition) is 1. The van der Waals surface area contributed by atoms with Crippen molar-refractivity contribution in [2.24, 2.45) is 10.8 Å². The van der Waals surface area contributed by atoms with Gasteiger partial charge in [-0.15, -0.1) is 0 Å². The van der Waals surface area contributed by atoms with E-state index in [0.29, 0.717) is 16.7 Å². The molecule has 3 nitrogen and oxygen atoms in total. The summed E-state index contributed by atoms with van der Waals surface area (Å²) in [4.78, 5) is 13.6. The minimum atomic E-state index is -0.266. The van der Waals surface area contributed by atoms with Crippen LogP contribution in [0.1, 0.15) is 96.9 Å². The molecule has 0 bridgehead atoms. The standard InChI is InChI=1S/C29H35N2O/c1-8-26(4)18-12-10-11-17-21-19-15-25(3)16-27(5,29(19,25)7)23(21)30-14-13-20(32)31(24(30)22(17)18)28(26,6)9-2/h10-14,19H,8-9,15-16H2,1-7H3/q+1. The van der Waals surface area contributed by atoms with E-state index in [2.05, 4.69) is 81.8 Å². The average molecular weight is 428 g/mol. The zero-order chi connectivity index (χ0) is 22.6. The molecule has 0 amide bonds. The molecule has 0 saturated heterocycles. The lowest BCUT2D eigenvalue weighted by Crippen LogP contribution is -2.71. The van der Waals surface area contributed by atoms with Crippen LogP contribution in [0.3, 0.4) is 0 Å². The number of fused-ring (bicyclic) bond motifs is 5. The van der Waals surface area contributed by atoms with Crippen molar-refractivity contribution in [3.05, 3.63) is 57.6 Å². The van der Waals surface area contributed by atoms with Gasteiger partial charge in [-0.25, -0.2) is 9.20 Å². The van der Waals surface area contributed by atoms with Gasteiger partial charge in [0.1, 0.15) is 17.4 Å². The summed E-state index contributed by atoms with van der Waals surface area (Å²) < 4.78 is 4.66. The van der Waals surface area contributed by atoms with E-state index in [1.807, 2.05) is 6.07 Å². The summed E-state index contributed by atoms with van der Waals surface area (Å²) in [7, 11) is 0. The Morgan fingerprint density at radius 3 is 2.47 bits per heavy atom. The lowest BCUT2D eigenvalue weighted by Gasteiger charge is -2.75. The smallest absolute Gasteiger partial charge is 0.241 e. The van der Waals surface area contributed by atoms with E-state index in [4.69, 9.17) is 0 Å².